The Balaban J connectivity index is 2.16. The molecule has 100 valence electrons. The van der Waals surface area contributed by atoms with E-state index in [1.165, 1.54) is 6.07 Å². The van der Waals surface area contributed by atoms with Crippen LogP contribution in [-0.2, 0) is 11.9 Å². The summed E-state index contributed by atoms with van der Waals surface area (Å²) in [6, 6.07) is 9.65. The molecule has 0 unspecified atom stereocenters. The molecule has 0 aliphatic carbocycles. The minimum absolute atomic E-state index is 0.210. The zero-order chi connectivity index (χ0) is 13.8. The van der Waals surface area contributed by atoms with Crippen molar-refractivity contribution in [2.24, 2.45) is 0 Å². The van der Waals surface area contributed by atoms with Crippen molar-refractivity contribution in [3.63, 3.8) is 0 Å². The van der Waals surface area contributed by atoms with Gasteiger partial charge in [0.05, 0.1) is 0 Å². The molecule has 0 aliphatic heterocycles. The molecule has 2 aromatic rings. The van der Waals surface area contributed by atoms with E-state index in [-0.39, 0.29) is 6.61 Å². The number of halogens is 3. The third-order valence-electron chi connectivity index (χ3n) is 2.80. The van der Waals surface area contributed by atoms with E-state index in [9.17, 15) is 8.78 Å². The lowest BCUT2D eigenvalue weighted by atomic mass is 10.1. The van der Waals surface area contributed by atoms with E-state index < -0.39 is 11.6 Å². The first-order valence-corrected chi connectivity index (χ1v) is 6.95. The third-order valence-corrected chi connectivity index (χ3v) is 3.41. The van der Waals surface area contributed by atoms with Gasteiger partial charge >= 0.3 is 0 Å². The van der Waals surface area contributed by atoms with E-state index in [0.717, 1.165) is 29.0 Å². The van der Waals surface area contributed by atoms with Crippen LogP contribution in [0.1, 0.15) is 16.7 Å². The van der Waals surface area contributed by atoms with Gasteiger partial charge in [0.1, 0.15) is 12.4 Å². The molecule has 0 saturated carbocycles. The molecule has 0 bridgehead atoms. The Morgan fingerprint density at radius 3 is 2.58 bits per heavy atom. The first-order valence-electron chi connectivity index (χ1n) is 5.83. The van der Waals surface area contributed by atoms with E-state index in [0.29, 0.717) is 10.9 Å². The van der Waals surface area contributed by atoms with Crippen molar-refractivity contribution < 1.29 is 13.5 Å². The van der Waals surface area contributed by atoms with Crippen LogP contribution < -0.4 is 4.74 Å². The number of benzene rings is 2. The number of alkyl halides is 1. The van der Waals surface area contributed by atoms with Crippen LogP contribution in [0.4, 0.5) is 8.78 Å². The summed E-state index contributed by atoms with van der Waals surface area (Å²) in [6.45, 7) is 2.16. The van der Waals surface area contributed by atoms with E-state index in [1.807, 2.05) is 25.1 Å². The maximum Gasteiger partial charge on any atom is 0.159 e. The lowest BCUT2D eigenvalue weighted by Crippen LogP contribution is -2.00. The largest absolute Gasteiger partial charge is 0.488 e. The fourth-order valence-corrected chi connectivity index (χ4v) is 2.25. The summed E-state index contributed by atoms with van der Waals surface area (Å²) in [5.74, 6) is -0.920. The van der Waals surface area contributed by atoms with Crippen LogP contribution in [0.2, 0.25) is 0 Å². The maximum absolute atomic E-state index is 13.1. The maximum atomic E-state index is 13.1. The van der Waals surface area contributed by atoms with Gasteiger partial charge in [0, 0.05) is 10.9 Å². The minimum atomic E-state index is -0.855. The van der Waals surface area contributed by atoms with Crippen molar-refractivity contribution in [2.75, 3.05) is 0 Å². The van der Waals surface area contributed by atoms with Gasteiger partial charge in [-0.1, -0.05) is 40.2 Å². The fourth-order valence-electron chi connectivity index (χ4n) is 1.81. The van der Waals surface area contributed by atoms with Crippen molar-refractivity contribution in [1.29, 1.82) is 0 Å². The Hall–Kier alpha value is -1.42. The summed E-state index contributed by atoms with van der Waals surface area (Å²) in [5, 5.41) is 0.682. The fraction of sp³-hybridized carbons (Fsp3) is 0.200. The van der Waals surface area contributed by atoms with Gasteiger partial charge in [-0.05, 0) is 30.2 Å². The molecule has 4 heteroatoms. The summed E-state index contributed by atoms with van der Waals surface area (Å²) in [5.41, 5.74) is 2.64. The van der Waals surface area contributed by atoms with E-state index in [2.05, 4.69) is 15.9 Å². The molecular weight excluding hydrogens is 314 g/mol. The summed E-state index contributed by atoms with van der Waals surface area (Å²) in [6.07, 6.45) is 0. The molecule has 0 aliphatic rings. The lowest BCUT2D eigenvalue weighted by molar-refractivity contribution is 0.300. The van der Waals surface area contributed by atoms with Crippen LogP contribution in [0.3, 0.4) is 0 Å². The molecule has 0 spiro atoms. The van der Waals surface area contributed by atoms with Crippen LogP contribution in [0.15, 0.2) is 36.4 Å². The SMILES string of the molecule is Cc1cccc(CBr)c1OCc1ccc(F)c(F)c1. The van der Waals surface area contributed by atoms with Gasteiger partial charge in [-0.25, -0.2) is 8.78 Å². The number of ether oxygens (including phenoxy) is 1. The number of rotatable bonds is 4. The highest BCUT2D eigenvalue weighted by Gasteiger charge is 2.07. The van der Waals surface area contributed by atoms with Crippen molar-refractivity contribution in [3.8, 4) is 5.75 Å². The highest BCUT2D eigenvalue weighted by Crippen LogP contribution is 2.26. The van der Waals surface area contributed by atoms with Gasteiger partial charge in [-0.3, -0.25) is 0 Å². The van der Waals surface area contributed by atoms with Gasteiger partial charge in [0.2, 0.25) is 0 Å². The summed E-state index contributed by atoms with van der Waals surface area (Å²) < 4.78 is 31.6. The molecule has 0 radical (unpaired) electrons. The Morgan fingerprint density at radius 2 is 1.89 bits per heavy atom. The van der Waals surface area contributed by atoms with Gasteiger partial charge in [-0.15, -0.1) is 0 Å². The summed E-state index contributed by atoms with van der Waals surface area (Å²) in [7, 11) is 0. The van der Waals surface area contributed by atoms with Crippen LogP contribution in [0, 0.1) is 18.6 Å². The first kappa shape index (κ1) is 14.0. The van der Waals surface area contributed by atoms with E-state index in [1.54, 1.807) is 0 Å². The van der Waals surface area contributed by atoms with Gasteiger partial charge in [-0.2, -0.15) is 0 Å². The van der Waals surface area contributed by atoms with Gasteiger partial charge < -0.3 is 4.74 Å². The monoisotopic (exact) mass is 326 g/mol. The minimum Gasteiger partial charge on any atom is -0.488 e. The first-order chi connectivity index (χ1) is 9.11. The zero-order valence-corrected chi connectivity index (χ0v) is 12.0. The second-order valence-corrected chi connectivity index (χ2v) is 4.79. The molecule has 0 amide bonds. The number of para-hydroxylation sites is 1. The highest BCUT2D eigenvalue weighted by molar-refractivity contribution is 9.08. The van der Waals surface area contributed by atoms with Crippen molar-refractivity contribution in [1.82, 2.24) is 0 Å². The summed E-state index contributed by atoms with van der Waals surface area (Å²) >= 11 is 3.40. The molecule has 0 atom stereocenters. The average molecular weight is 327 g/mol. The predicted molar refractivity (Wildman–Crippen MR) is 74.5 cm³/mol. The average Bonchev–Trinajstić information content (AvgIpc) is 2.41. The summed E-state index contributed by atoms with van der Waals surface area (Å²) in [4.78, 5) is 0. The molecule has 1 nitrogen and oxygen atoms in total. The van der Waals surface area contributed by atoms with Gasteiger partial charge in [0.25, 0.3) is 0 Å². The quantitative estimate of drug-likeness (QED) is 0.737. The van der Waals surface area contributed by atoms with Crippen LogP contribution in [-0.4, -0.2) is 0 Å². The molecule has 0 N–H and O–H groups in total. The van der Waals surface area contributed by atoms with Crippen molar-refractivity contribution >= 4 is 15.9 Å². The Kier molecular flexibility index (Phi) is 4.53. The van der Waals surface area contributed by atoms with Crippen LogP contribution in [0.25, 0.3) is 0 Å². The number of hydrogen-bond donors (Lipinski definition) is 0. The van der Waals surface area contributed by atoms with Gasteiger partial charge in [0.15, 0.2) is 11.6 Å². The van der Waals surface area contributed by atoms with Crippen molar-refractivity contribution in [2.45, 2.75) is 18.9 Å². The van der Waals surface area contributed by atoms with Crippen LogP contribution in [0.5, 0.6) is 5.75 Å². The Morgan fingerprint density at radius 1 is 1.11 bits per heavy atom. The molecule has 2 rings (SSSR count). The van der Waals surface area contributed by atoms with E-state index >= 15 is 0 Å². The van der Waals surface area contributed by atoms with Crippen molar-refractivity contribution in [3.05, 3.63) is 64.7 Å². The topological polar surface area (TPSA) is 9.23 Å². The molecule has 0 saturated heterocycles. The van der Waals surface area contributed by atoms with Crippen LogP contribution >= 0.6 is 15.9 Å². The molecule has 19 heavy (non-hydrogen) atoms. The molecule has 0 fully saturated rings. The lowest BCUT2D eigenvalue weighted by Gasteiger charge is -2.13. The molecule has 2 aromatic carbocycles. The Bertz CT molecular complexity index is 584. The second kappa shape index (κ2) is 6.15. The standard InChI is InChI=1S/C15H13BrF2O/c1-10-3-2-4-12(8-16)15(10)19-9-11-5-6-13(17)14(18)7-11/h2-7H,8-9H2,1H3. The number of aryl methyl sites for hydroxylation is 1. The molecule has 0 aromatic heterocycles. The smallest absolute Gasteiger partial charge is 0.159 e. The zero-order valence-electron chi connectivity index (χ0n) is 10.4. The second-order valence-electron chi connectivity index (χ2n) is 4.23. The predicted octanol–water partition coefficient (Wildman–Crippen LogP) is 4.75. The third kappa shape index (κ3) is 3.32. The normalized spacial score (nSPS) is 10.5. The molecular formula is C15H13BrF2O. The Labute approximate surface area is 119 Å². The molecule has 0 heterocycles. The highest BCUT2D eigenvalue weighted by atomic mass is 79.9. The number of hydrogen-bond acceptors (Lipinski definition) is 1. The van der Waals surface area contributed by atoms with E-state index in [4.69, 9.17) is 4.74 Å².